The molecule has 0 spiro atoms. The lowest BCUT2D eigenvalue weighted by atomic mass is 10.1. The zero-order valence-electron chi connectivity index (χ0n) is 15.5. The lowest BCUT2D eigenvalue weighted by molar-refractivity contribution is 0.303. The second-order valence-corrected chi connectivity index (χ2v) is 9.80. The van der Waals surface area contributed by atoms with Gasteiger partial charge in [0.15, 0.2) is 9.84 Å². The van der Waals surface area contributed by atoms with Gasteiger partial charge in [0.2, 0.25) is 0 Å². The molecule has 0 atom stereocenters. The number of fused-ring (bicyclic) bond motifs is 1. The van der Waals surface area contributed by atoms with E-state index in [-0.39, 0.29) is 12.9 Å². The molecule has 5 rings (SSSR count). The molecule has 2 fully saturated rings. The van der Waals surface area contributed by atoms with Crippen LogP contribution in [0.1, 0.15) is 20.7 Å². The summed E-state index contributed by atoms with van der Waals surface area (Å²) in [6.45, 7) is 1.16. The fourth-order valence-electron chi connectivity index (χ4n) is 3.57. The molecule has 1 saturated carbocycles. The first-order valence-corrected chi connectivity index (χ1v) is 11.5. The summed E-state index contributed by atoms with van der Waals surface area (Å²) in [5.74, 6) is 2.07. The molecule has 1 aliphatic carbocycles. The summed E-state index contributed by atoms with van der Waals surface area (Å²) in [5, 5.41) is 8.60. The van der Waals surface area contributed by atoms with E-state index in [0.717, 1.165) is 46.6 Å². The van der Waals surface area contributed by atoms with Gasteiger partial charge in [-0.3, -0.25) is 5.10 Å². The van der Waals surface area contributed by atoms with E-state index in [1.165, 1.54) is 0 Å². The summed E-state index contributed by atoms with van der Waals surface area (Å²) in [4.78, 5) is 6.52. The number of pyridine rings is 1. The second kappa shape index (κ2) is 6.77. The fraction of sp³-hybridized carbons (Fsp3) is 0.400. The van der Waals surface area contributed by atoms with Crippen LogP contribution in [0.2, 0.25) is 0 Å². The largest absolute Gasteiger partial charge is 0.490 e. The van der Waals surface area contributed by atoms with Crippen LogP contribution in [0.3, 0.4) is 0 Å². The van der Waals surface area contributed by atoms with Gasteiger partial charge in [-0.15, -0.1) is 0 Å². The highest BCUT2D eigenvalue weighted by molar-refractivity contribution is 7.91. The third-order valence-corrected chi connectivity index (χ3v) is 6.98. The summed E-state index contributed by atoms with van der Waals surface area (Å²) in [6.07, 6.45) is 4.97. The molecule has 28 heavy (non-hydrogen) atoms. The molecule has 0 radical (unpaired) electrons. The molecule has 3 aromatic rings. The SMILES string of the molecule is O=S1(=O)CCCN(c2cc(-c3n[nH]c4ccc(OC5CC5)cc34)ccn2)CC1.[HH]. The van der Waals surface area contributed by atoms with Crippen molar-refractivity contribution in [2.45, 2.75) is 25.4 Å². The number of aromatic amines is 1. The Labute approximate surface area is 165 Å². The van der Waals surface area contributed by atoms with E-state index < -0.39 is 9.84 Å². The van der Waals surface area contributed by atoms with Gasteiger partial charge in [-0.25, -0.2) is 13.4 Å². The van der Waals surface area contributed by atoms with E-state index in [1.54, 1.807) is 6.20 Å². The Morgan fingerprint density at radius 1 is 1.14 bits per heavy atom. The van der Waals surface area contributed by atoms with Crippen molar-refractivity contribution >= 4 is 26.6 Å². The molecule has 1 N–H and O–H groups in total. The number of hydrogen-bond acceptors (Lipinski definition) is 6. The van der Waals surface area contributed by atoms with E-state index in [0.29, 0.717) is 25.6 Å². The quantitative estimate of drug-likeness (QED) is 0.724. The lowest BCUT2D eigenvalue weighted by Crippen LogP contribution is -2.27. The maximum absolute atomic E-state index is 11.9. The molecule has 2 aromatic heterocycles. The standard InChI is InChI=1S/C20H22N4O3S.H2/c25-28(26)10-1-8-24(9-11-28)19-12-14(6-7-21-19)20-17-13-16(27-15-2-3-15)4-5-18(17)22-23-20;/h4-7,12-13,15H,1-3,8-11H2,(H,22,23);1H. The van der Waals surface area contributed by atoms with Crippen molar-refractivity contribution in [3.05, 3.63) is 36.5 Å². The molecule has 1 aromatic carbocycles. The summed E-state index contributed by atoms with van der Waals surface area (Å²) in [5.41, 5.74) is 2.76. The number of benzene rings is 1. The number of sulfone groups is 1. The molecule has 1 aliphatic heterocycles. The Bertz CT molecular complexity index is 1130. The molecule has 3 heterocycles. The van der Waals surface area contributed by atoms with Gasteiger partial charge in [0.05, 0.1) is 23.1 Å². The van der Waals surface area contributed by atoms with E-state index in [9.17, 15) is 8.42 Å². The van der Waals surface area contributed by atoms with Crippen LogP contribution >= 0.6 is 0 Å². The van der Waals surface area contributed by atoms with Crippen molar-refractivity contribution in [2.75, 3.05) is 29.5 Å². The molecule has 7 nitrogen and oxygen atoms in total. The van der Waals surface area contributed by atoms with Crippen molar-refractivity contribution in [3.63, 3.8) is 0 Å². The highest BCUT2D eigenvalue weighted by Crippen LogP contribution is 2.33. The number of nitrogens with one attached hydrogen (secondary N) is 1. The van der Waals surface area contributed by atoms with E-state index in [2.05, 4.69) is 15.2 Å². The Hall–Kier alpha value is -2.61. The van der Waals surface area contributed by atoms with Gasteiger partial charge in [0.1, 0.15) is 17.3 Å². The fourth-order valence-corrected chi connectivity index (χ4v) is 4.84. The molecule has 1 saturated heterocycles. The summed E-state index contributed by atoms with van der Waals surface area (Å²) >= 11 is 0. The Morgan fingerprint density at radius 3 is 2.89 bits per heavy atom. The van der Waals surface area contributed by atoms with Crippen molar-refractivity contribution in [1.29, 1.82) is 0 Å². The Morgan fingerprint density at radius 2 is 2.04 bits per heavy atom. The third-order valence-electron chi connectivity index (χ3n) is 5.26. The second-order valence-electron chi connectivity index (χ2n) is 7.49. The first-order chi connectivity index (χ1) is 13.6. The number of ether oxygens (including phenoxy) is 1. The minimum atomic E-state index is -2.95. The van der Waals surface area contributed by atoms with E-state index in [4.69, 9.17) is 4.74 Å². The summed E-state index contributed by atoms with van der Waals surface area (Å²) < 4.78 is 29.7. The van der Waals surface area contributed by atoms with Gasteiger partial charge >= 0.3 is 0 Å². The number of aromatic nitrogens is 3. The normalized spacial score (nSPS) is 19.5. The average Bonchev–Trinajstić information content (AvgIpc) is 3.43. The van der Waals surface area contributed by atoms with Crippen LogP contribution in [-0.4, -0.2) is 54.3 Å². The molecule has 2 aliphatic rings. The monoisotopic (exact) mass is 400 g/mol. The highest BCUT2D eigenvalue weighted by atomic mass is 32.2. The molecule has 0 amide bonds. The molecular weight excluding hydrogens is 376 g/mol. The van der Waals surface area contributed by atoms with Crippen LogP contribution in [-0.2, 0) is 9.84 Å². The molecule has 0 bridgehead atoms. The highest BCUT2D eigenvalue weighted by Gasteiger charge is 2.24. The summed E-state index contributed by atoms with van der Waals surface area (Å²) in [6, 6.07) is 9.92. The zero-order valence-corrected chi connectivity index (χ0v) is 16.3. The van der Waals surface area contributed by atoms with Gasteiger partial charge in [0, 0.05) is 31.7 Å². The smallest absolute Gasteiger partial charge is 0.152 e. The van der Waals surface area contributed by atoms with Crippen LogP contribution in [0.5, 0.6) is 5.75 Å². The predicted molar refractivity (Wildman–Crippen MR) is 111 cm³/mol. The first kappa shape index (κ1) is 17.5. The van der Waals surface area contributed by atoms with Crippen LogP contribution in [0.25, 0.3) is 22.2 Å². The zero-order chi connectivity index (χ0) is 19.1. The van der Waals surface area contributed by atoms with E-state index >= 15 is 0 Å². The number of anilines is 1. The number of H-pyrrole nitrogens is 1. The summed E-state index contributed by atoms with van der Waals surface area (Å²) in [7, 11) is -2.95. The number of nitrogens with zero attached hydrogens (tertiary/aromatic N) is 3. The maximum Gasteiger partial charge on any atom is 0.152 e. The van der Waals surface area contributed by atoms with E-state index in [1.807, 2.05) is 35.2 Å². The maximum atomic E-state index is 11.9. The molecule has 0 unspecified atom stereocenters. The Kier molecular flexibility index (Phi) is 4.23. The van der Waals surface area contributed by atoms with Crippen LogP contribution < -0.4 is 9.64 Å². The Balaban J connectivity index is 0.00000205. The third kappa shape index (κ3) is 3.56. The van der Waals surface area contributed by atoms with Crippen molar-refractivity contribution < 1.29 is 14.6 Å². The van der Waals surface area contributed by atoms with Crippen LogP contribution in [0.4, 0.5) is 5.82 Å². The first-order valence-electron chi connectivity index (χ1n) is 9.64. The van der Waals surface area contributed by atoms with Crippen molar-refractivity contribution in [3.8, 4) is 17.0 Å². The van der Waals surface area contributed by atoms with Gasteiger partial charge in [-0.05, 0) is 49.6 Å². The minimum absolute atomic E-state index is 0. The number of rotatable bonds is 4. The topological polar surface area (TPSA) is 88.2 Å². The molecule has 148 valence electrons. The van der Waals surface area contributed by atoms with Crippen molar-refractivity contribution in [1.82, 2.24) is 15.2 Å². The predicted octanol–water partition coefficient (Wildman–Crippen LogP) is 3.04. The molecular formula is C20H24N4O3S. The van der Waals surface area contributed by atoms with Crippen LogP contribution in [0, 0.1) is 0 Å². The average molecular weight is 401 g/mol. The molecule has 8 heteroatoms. The van der Waals surface area contributed by atoms with Crippen molar-refractivity contribution in [2.24, 2.45) is 0 Å². The lowest BCUT2D eigenvalue weighted by Gasteiger charge is -2.21. The van der Waals surface area contributed by atoms with Gasteiger partial charge in [0.25, 0.3) is 0 Å². The minimum Gasteiger partial charge on any atom is -0.490 e. The van der Waals surface area contributed by atoms with Gasteiger partial charge < -0.3 is 9.64 Å². The number of hydrogen-bond donors (Lipinski definition) is 1. The van der Waals surface area contributed by atoms with Gasteiger partial charge in [-0.1, -0.05) is 0 Å². The van der Waals surface area contributed by atoms with Crippen LogP contribution in [0.15, 0.2) is 36.5 Å². The van der Waals surface area contributed by atoms with Gasteiger partial charge in [-0.2, -0.15) is 5.10 Å².